The molecule has 4 aromatic rings. The SMILES string of the molecule is COC(CN1CC=C(c2ccc(-c3ccc4c(ccc5sc6c(c54)NC[C@@H](C)NC6=O)n3)nn2)CC1)OC. The number of amides is 1. The Bertz CT molecular complexity index is 1530. The fraction of sp³-hybridized carbons (Fsp3) is 0.357. The maximum Gasteiger partial charge on any atom is 0.263 e. The van der Waals surface area contributed by atoms with Gasteiger partial charge in [-0.15, -0.1) is 16.4 Å². The van der Waals surface area contributed by atoms with E-state index in [9.17, 15) is 4.79 Å². The van der Waals surface area contributed by atoms with Crippen LogP contribution in [0, 0.1) is 0 Å². The fourth-order valence-electron chi connectivity index (χ4n) is 5.07. The molecule has 0 saturated carbocycles. The number of nitrogens with one attached hydrogen (secondary N) is 2. The Balaban J connectivity index is 1.25. The highest BCUT2D eigenvalue weighted by atomic mass is 32.1. The number of ether oxygens (including phenoxy) is 2. The molecule has 0 bridgehead atoms. The third-order valence-corrected chi connectivity index (χ3v) is 8.33. The van der Waals surface area contributed by atoms with Gasteiger partial charge in [0.25, 0.3) is 5.91 Å². The molecule has 1 aromatic carbocycles. The third-order valence-electron chi connectivity index (χ3n) is 7.17. The Kier molecular flexibility index (Phi) is 6.79. The minimum Gasteiger partial charge on any atom is -0.381 e. The van der Waals surface area contributed by atoms with E-state index < -0.39 is 0 Å². The molecule has 0 saturated heterocycles. The van der Waals surface area contributed by atoms with Gasteiger partial charge in [-0.1, -0.05) is 6.08 Å². The molecule has 2 aliphatic heterocycles. The predicted octanol–water partition coefficient (Wildman–Crippen LogP) is 4.16. The molecule has 0 fully saturated rings. The van der Waals surface area contributed by atoms with Gasteiger partial charge >= 0.3 is 0 Å². The number of rotatable bonds is 6. The average Bonchev–Trinajstić information content (AvgIpc) is 3.27. The van der Waals surface area contributed by atoms with Gasteiger partial charge in [0, 0.05) is 61.9 Å². The summed E-state index contributed by atoms with van der Waals surface area (Å²) in [5.41, 5.74) is 5.35. The van der Waals surface area contributed by atoms with Gasteiger partial charge in [0.15, 0.2) is 6.29 Å². The van der Waals surface area contributed by atoms with Gasteiger partial charge in [0.1, 0.15) is 10.6 Å². The summed E-state index contributed by atoms with van der Waals surface area (Å²) in [6.07, 6.45) is 2.88. The molecule has 1 atom stereocenters. The summed E-state index contributed by atoms with van der Waals surface area (Å²) in [6, 6.07) is 12.2. The third kappa shape index (κ3) is 4.64. The van der Waals surface area contributed by atoms with Crippen LogP contribution in [0.3, 0.4) is 0 Å². The average molecular weight is 531 g/mol. The number of thiophene rings is 1. The van der Waals surface area contributed by atoms with Crippen LogP contribution in [0.15, 0.2) is 42.5 Å². The lowest BCUT2D eigenvalue weighted by atomic mass is 10.0. The smallest absolute Gasteiger partial charge is 0.263 e. The lowest BCUT2D eigenvalue weighted by Crippen LogP contribution is -2.37. The van der Waals surface area contributed by atoms with Crippen LogP contribution in [-0.4, -0.2) is 78.7 Å². The van der Waals surface area contributed by atoms with Crippen LogP contribution in [0.4, 0.5) is 5.69 Å². The normalized spacial score (nSPS) is 18.3. The number of fused-ring (bicyclic) bond motifs is 5. The van der Waals surface area contributed by atoms with Gasteiger partial charge in [0.05, 0.1) is 22.6 Å². The Morgan fingerprint density at radius 1 is 1.08 bits per heavy atom. The van der Waals surface area contributed by atoms with Crippen LogP contribution in [0.2, 0.25) is 0 Å². The first-order valence-corrected chi connectivity index (χ1v) is 13.6. The summed E-state index contributed by atoms with van der Waals surface area (Å²) in [5, 5.41) is 17.6. The van der Waals surface area contributed by atoms with Gasteiger partial charge in [-0.3, -0.25) is 9.69 Å². The molecule has 6 rings (SSSR count). The second-order valence-electron chi connectivity index (χ2n) is 9.71. The van der Waals surface area contributed by atoms with Crippen molar-refractivity contribution >= 4 is 49.5 Å². The molecule has 0 radical (unpaired) electrons. The number of hydrogen-bond donors (Lipinski definition) is 2. The lowest BCUT2D eigenvalue weighted by molar-refractivity contribution is -0.115. The molecular weight excluding hydrogens is 500 g/mol. The summed E-state index contributed by atoms with van der Waals surface area (Å²) in [6.45, 7) is 5.16. The molecule has 38 heavy (non-hydrogen) atoms. The van der Waals surface area contributed by atoms with Crippen molar-refractivity contribution in [3.8, 4) is 11.4 Å². The van der Waals surface area contributed by atoms with E-state index in [1.807, 2.05) is 37.3 Å². The van der Waals surface area contributed by atoms with Gasteiger partial charge < -0.3 is 20.1 Å². The highest BCUT2D eigenvalue weighted by molar-refractivity contribution is 7.21. The van der Waals surface area contributed by atoms with E-state index in [0.717, 1.165) is 74.7 Å². The molecule has 5 heterocycles. The molecule has 0 spiro atoms. The molecule has 196 valence electrons. The molecular formula is C28H30N6O3S. The molecule has 9 nitrogen and oxygen atoms in total. The Morgan fingerprint density at radius 2 is 1.87 bits per heavy atom. The summed E-state index contributed by atoms with van der Waals surface area (Å²) in [4.78, 5) is 20.6. The van der Waals surface area contributed by atoms with Gasteiger partial charge in [-0.25, -0.2) is 4.98 Å². The number of benzene rings is 1. The van der Waals surface area contributed by atoms with Crippen molar-refractivity contribution in [1.82, 2.24) is 25.4 Å². The van der Waals surface area contributed by atoms with Crippen LogP contribution < -0.4 is 10.6 Å². The van der Waals surface area contributed by atoms with E-state index in [1.165, 1.54) is 16.9 Å². The van der Waals surface area contributed by atoms with E-state index in [4.69, 9.17) is 14.5 Å². The molecule has 10 heteroatoms. The molecule has 2 N–H and O–H groups in total. The number of pyridine rings is 1. The maximum absolute atomic E-state index is 12.7. The first kappa shape index (κ1) is 24.9. The molecule has 2 aliphatic rings. The van der Waals surface area contributed by atoms with E-state index in [1.54, 1.807) is 14.2 Å². The maximum atomic E-state index is 12.7. The van der Waals surface area contributed by atoms with Crippen molar-refractivity contribution in [3.63, 3.8) is 0 Å². The summed E-state index contributed by atoms with van der Waals surface area (Å²) in [5.74, 6) is -0.0262. The van der Waals surface area contributed by atoms with Crippen LogP contribution in [0.1, 0.15) is 28.7 Å². The number of hydrogen-bond acceptors (Lipinski definition) is 9. The number of anilines is 1. The highest BCUT2D eigenvalue weighted by Gasteiger charge is 2.25. The molecule has 0 unspecified atom stereocenters. The topological polar surface area (TPSA) is 102 Å². The summed E-state index contributed by atoms with van der Waals surface area (Å²) in [7, 11) is 3.32. The number of methoxy groups -OCH3 is 2. The van der Waals surface area contributed by atoms with Crippen molar-refractivity contribution in [1.29, 1.82) is 0 Å². The van der Waals surface area contributed by atoms with E-state index in [0.29, 0.717) is 6.54 Å². The highest BCUT2D eigenvalue weighted by Crippen LogP contribution is 2.41. The zero-order valence-corrected chi connectivity index (χ0v) is 22.5. The number of nitrogens with zero attached hydrogens (tertiary/aromatic N) is 4. The van der Waals surface area contributed by atoms with E-state index in [2.05, 4.69) is 37.9 Å². The number of carbonyl (C=O) groups is 1. The summed E-state index contributed by atoms with van der Waals surface area (Å²) >= 11 is 1.51. The van der Waals surface area contributed by atoms with Gasteiger partial charge in [0.2, 0.25) is 0 Å². The zero-order valence-electron chi connectivity index (χ0n) is 21.7. The van der Waals surface area contributed by atoms with Crippen molar-refractivity contribution in [2.75, 3.05) is 45.7 Å². The van der Waals surface area contributed by atoms with E-state index in [-0.39, 0.29) is 18.2 Å². The second kappa shape index (κ2) is 10.4. The van der Waals surface area contributed by atoms with Crippen LogP contribution >= 0.6 is 11.3 Å². The Labute approximate surface area is 224 Å². The van der Waals surface area contributed by atoms with Crippen LogP contribution in [-0.2, 0) is 9.47 Å². The lowest BCUT2D eigenvalue weighted by Gasteiger charge is -2.28. The monoisotopic (exact) mass is 530 g/mol. The van der Waals surface area contributed by atoms with Crippen LogP contribution in [0.5, 0.6) is 0 Å². The summed E-state index contributed by atoms with van der Waals surface area (Å²) < 4.78 is 11.7. The number of aromatic nitrogens is 3. The Hall–Kier alpha value is -3.44. The van der Waals surface area contributed by atoms with E-state index >= 15 is 0 Å². The standard InChI is InChI=1S/C28H30N6O3S/c1-16-14-29-26-25-18-4-5-21(31-20(18)8-9-23(25)38-27(26)28(35)30-16)22-7-6-19(32-33-22)17-10-12-34(13-11-17)15-24(36-2)37-3/h4-10,16,24,29H,11-15H2,1-3H3,(H,30,35)/t16-/m1/s1. The quantitative estimate of drug-likeness (QED) is 0.359. The second-order valence-corrected chi connectivity index (χ2v) is 10.8. The van der Waals surface area contributed by atoms with Gasteiger partial charge in [-0.2, -0.15) is 5.10 Å². The van der Waals surface area contributed by atoms with Crippen molar-refractivity contribution < 1.29 is 14.3 Å². The largest absolute Gasteiger partial charge is 0.381 e. The van der Waals surface area contributed by atoms with Gasteiger partial charge in [-0.05, 0) is 55.3 Å². The van der Waals surface area contributed by atoms with Crippen LogP contribution in [0.25, 0.3) is 38.0 Å². The van der Waals surface area contributed by atoms with Crippen molar-refractivity contribution in [2.45, 2.75) is 25.7 Å². The Morgan fingerprint density at radius 3 is 2.61 bits per heavy atom. The first-order valence-electron chi connectivity index (χ1n) is 12.8. The van der Waals surface area contributed by atoms with Crippen molar-refractivity contribution in [3.05, 3.63) is 53.0 Å². The predicted molar refractivity (Wildman–Crippen MR) is 150 cm³/mol. The minimum absolute atomic E-state index is 0.0262. The molecule has 0 aliphatic carbocycles. The fourth-order valence-corrected chi connectivity index (χ4v) is 6.17. The van der Waals surface area contributed by atoms with Crippen molar-refractivity contribution in [2.24, 2.45) is 0 Å². The molecule has 3 aromatic heterocycles. The number of carbonyl (C=O) groups excluding carboxylic acids is 1. The molecule has 1 amide bonds. The zero-order chi connectivity index (χ0) is 26.2. The first-order chi connectivity index (χ1) is 18.5. The minimum atomic E-state index is -0.219.